The summed E-state index contributed by atoms with van der Waals surface area (Å²) in [7, 11) is -1.34. The van der Waals surface area contributed by atoms with Crippen LogP contribution >= 0.6 is 103 Å². The van der Waals surface area contributed by atoms with Crippen LogP contribution in [0.5, 0.6) is 0 Å². The maximum Gasteiger partial charge on any atom is 0.338 e. The smallest absolute Gasteiger partial charge is 0.338 e. The van der Waals surface area contributed by atoms with E-state index < -0.39 is 39.7 Å². The molecule has 0 spiro atoms. The van der Waals surface area contributed by atoms with Crippen molar-refractivity contribution in [3.8, 4) is 0 Å². The molecule has 492 valence electrons. The van der Waals surface area contributed by atoms with Crippen molar-refractivity contribution in [1.82, 2.24) is 0 Å². The van der Waals surface area contributed by atoms with E-state index in [1.807, 2.05) is 183 Å². The van der Waals surface area contributed by atoms with Crippen LogP contribution in [0.3, 0.4) is 0 Å². The molecule has 0 saturated heterocycles. The fourth-order valence-corrected chi connectivity index (χ4v) is 15.3. The summed E-state index contributed by atoms with van der Waals surface area (Å²) in [6.45, 7) is 5.26. The molecule has 95 heavy (non-hydrogen) atoms. The van der Waals surface area contributed by atoms with Gasteiger partial charge in [0.1, 0.15) is 63.0 Å². The molecule has 0 aromatic heterocycles. The largest absolute Gasteiger partial charge is 0.461 e. The van der Waals surface area contributed by atoms with Crippen molar-refractivity contribution in [3.63, 3.8) is 0 Å². The lowest BCUT2D eigenvalue weighted by Crippen LogP contribution is -2.18. The van der Waals surface area contributed by atoms with E-state index in [1.165, 1.54) is 29.2 Å². The Kier molecular flexibility index (Phi) is 31.5. The van der Waals surface area contributed by atoms with E-state index in [4.69, 9.17) is 63.2 Å². The zero-order valence-corrected chi connectivity index (χ0v) is 62.2. The average Bonchev–Trinajstić information content (AvgIpc) is 0.859. The van der Waals surface area contributed by atoms with Crippen LogP contribution in [-0.4, -0.2) is 87.2 Å². The van der Waals surface area contributed by atoms with Crippen molar-refractivity contribution in [3.05, 3.63) is 268 Å². The maximum atomic E-state index is 13.4. The Balaban J connectivity index is 0.000000201. The molecule has 0 fully saturated rings. The van der Waals surface area contributed by atoms with Gasteiger partial charge in [-0.15, -0.1) is 0 Å². The van der Waals surface area contributed by atoms with Crippen molar-refractivity contribution in [1.29, 1.82) is 0 Å². The van der Waals surface area contributed by atoms with Gasteiger partial charge in [0.05, 0.1) is 49.4 Å². The second-order valence-corrected chi connectivity index (χ2v) is 32.8. The first-order chi connectivity index (χ1) is 45.6. The van der Waals surface area contributed by atoms with Crippen LogP contribution in [0.4, 0.5) is 8.78 Å². The number of hydrogen-bond donors (Lipinski definition) is 0. The highest BCUT2D eigenvalue weighted by Gasteiger charge is 2.32. The summed E-state index contributed by atoms with van der Waals surface area (Å²) in [5, 5.41) is 2.03. The predicted molar refractivity (Wildman–Crippen MR) is 394 cm³/mol. The van der Waals surface area contributed by atoms with Gasteiger partial charge >= 0.3 is 35.8 Å². The van der Waals surface area contributed by atoms with Gasteiger partial charge in [-0.25, -0.2) is 23.2 Å². The van der Waals surface area contributed by atoms with Crippen molar-refractivity contribution >= 4 is 171 Å². The van der Waals surface area contributed by atoms with Crippen molar-refractivity contribution in [2.45, 2.75) is 76.6 Å². The summed E-state index contributed by atoms with van der Waals surface area (Å²) in [5.41, 5.74) is 1.23. The second kappa shape index (κ2) is 39.2. The molecular weight excluding hydrogens is 1680 g/mol. The van der Waals surface area contributed by atoms with E-state index in [9.17, 15) is 37.5 Å². The number of carbonyl (C=O) groups is 6. The zero-order chi connectivity index (χ0) is 68.4. The van der Waals surface area contributed by atoms with E-state index in [0.29, 0.717) is 31.8 Å². The first kappa shape index (κ1) is 76.1. The normalized spacial score (nSPS) is 12.1. The van der Waals surface area contributed by atoms with Gasteiger partial charge in [-0.3, -0.25) is 14.4 Å². The number of esters is 6. The van der Waals surface area contributed by atoms with Crippen LogP contribution in [0.1, 0.15) is 51.8 Å². The van der Waals surface area contributed by atoms with Crippen LogP contribution in [-0.2, 0) is 75.5 Å². The maximum absolute atomic E-state index is 13.4. The molecule has 23 heteroatoms. The standard InChI is InChI=1S/C24H20Cl2IO4S.C24H21ClIO4S.C24H20F2IO4S/c1-16(27)23(28)30-14-15-31-24(29)17-2-8-20(9-3-17)32(21-10-4-18(25)5-11-21)22-12-6-19(26)7-13-22;1-17(26)23(27)29-15-16-30-24(28)18-7-11-21(12-8-18)31(20-5-3-2-4-6-20)22-13-9-19(25)10-14-22;1-16(27)23(28)30-14-15-31-24(29)17-2-8-20(9-3-17)32(21-10-4-18(25)5-11-21)22-12-6-19(26)7-13-22/h2-13,16H,14-15H2,1H3;2-14,17H,15-16H2,1H3;2-13,16H,14-15H2,1H3/q3*+1. The number of hydrogen-bond acceptors (Lipinski definition) is 12. The third-order valence-corrected chi connectivity index (χ3v) is 21.8. The summed E-state index contributed by atoms with van der Waals surface area (Å²) in [6.07, 6.45) is 0. The van der Waals surface area contributed by atoms with Gasteiger partial charge in [0.2, 0.25) is 0 Å². The third kappa shape index (κ3) is 24.4. The van der Waals surface area contributed by atoms with E-state index >= 15 is 0 Å². The van der Waals surface area contributed by atoms with E-state index in [0.717, 1.165) is 39.2 Å². The zero-order valence-electron chi connectivity index (χ0n) is 51.0. The summed E-state index contributed by atoms with van der Waals surface area (Å²) in [6, 6.07) is 67.4. The summed E-state index contributed by atoms with van der Waals surface area (Å²) in [4.78, 5) is 80.4. The number of benzene rings is 9. The van der Waals surface area contributed by atoms with Crippen molar-refractivity contribution < 1.29 is 66.0 Å². The Morgan fingerprint density at radius 3 is 0.716 bits per heavy atom. The fraction of sp³-hybridized carbons (Fsp3) is 0.167. The molecule has 0 bridgehead atoms. The van der Waals surface area contributed by atoms with Gasteiger partial charge in [-0.1, -0.05) is 121 Å². The molecule has 0 aliphatic carbocycles. The molecule has 0 amide bonds. The number of rotatable bonds is 24. The summed E-state index contributed by atoms with van der Waals surface area (Å²) in [5.74, 6) is -3.14. The van der Waals surface area contributed by atoms with Gasteiger partial charge in [0, 0.05) is 15.1 Å². The lowest BCUT2D eigenvalue weighted by molar-refractivity contribution is -0.144. The van der Waals surface area contributed by atoms with E-state index in [2.05, 4.69) is 12.1 Å². The number of alkyl halides is 3. The van der Waals surface area contributed by atoms with E-state index in [1.54, 1.807) is 93.6 Å². The minimum absolute atomic E-state index is 0.00537. The highest BCUT2D eigenvalue weighted by Crippen LogP contribution is 2.36. The Morgan fingerprint density at radius 1 is 0.305 bits per heavy atom. The molecule has 0 aliphatic heterocycles. The minimum atomic E-state index is -0.613. The first-order valence-electron chi connectivity index (χ1n) is 28.9. The molecule has 0 saturated carbocycles. The van der Waals surface area contributed by atoms with E-state index in [-0.39, 0.29) is 91.9 Å². The third-order valence-electron chi connectivity index (χ3n) is 12.9. The Morgan fingerprint density at radius 2 is 0.495 bits per heavy atom. The molecule has 0 N–H and O–H groups in total. The summed E-state index contributed by atoms with van der Waals surface area (Å²) >= 11 is 24.1. The molecule has 4 atom stereocenters. The molecule has 0 aliphatic rings. The molecule has 12 nitrogen and oxygen atoms in total. The molecule has 9 aromatic rings. The Labute approximate surface area is 614 Å². The number of carbonyl (C=O) groups excluding carboxylic acids is 6. The number of halogens is 8. The molecule has 9 aromatic carbocycles. The second-order valence-electron chi connectivity index (χ2n) is 19.8. The van der Waals surface area contributed by atoms with Gasteiger partial charge in [0.15, 0.2) is 44.1 Å². The average molecular weight is 1740 g/mol. The lowest BCUT2D eigenvalue weighted by atomic mass is 10.2. The van der Waals surface area contributed by atoms with Gasteiger partial charge in [-0.2, -0.15) is 0 Å². The Bertz CT molecular complexity index is 3680. The lowest BCUT2D eigenvalue weighted by Gasteiger charge is -2.10. The topological polar surface area (TPSA) is 158 Å². The van der Waals surface area contributed by atoms with Crippen molar-refractivity contribution in [2.24, 2.45) is 0 Å². The Hall–Kier alpha value is -6.23. The minimum Gasteiger partial charge on any atom is -0.461 e. The van der Waals surface area contributed by atoms with Crippen LogP contribution < -0.4 is 0 Å². The summed E-state index contributed by atoms with van der Waals surface area (Å²) < 4.78 is 56.7. The monoisotopic (exact) mass is 1740 g/mol. The van der Waals surface area contributed by atoms with Crippen LogP contribution in [0.15, 0.2) is 269 Å². The van der Waals surface area contributed by atoms with Gasteiger partial charge in [-0.05, 0) is 227 Å². The molecule has 0 heterocycles. The molecule has 4 unspecified atom stereocenters. The fourth-order valence-electron chi connectivity index (χ4n) is 8.24. The quantitative estimate of drug-likeness (QED) is 0.0141. The first-order valence-corrected chi connectivity index (χ1v) is 37.5. The molecular formula is C72H61Cl3F2I3O12S3+3. The molecule has 9 rings (SSSR count). The molecule has 0 radical (unpaired) electrons. The highest BCUT2D eigenvalue weighted by molar-refractivity contribution is 14.1. The SMILES string of the molecule is CC(I)C(=O)OCCOC(=O)c1ccc([S+](c2ccc(Cl)cc2)c2ccc(Cl)cc2)cc1.CC(I)C(=O)OCCOC(=O)c1ccc([S+](c2ccc(F)cc2)c2ccc(F)cc2)cc1.CC(I)C(=O)OCCOC(=O)c1ccc([S+](c2ccccc2)c2ccc(Cl)cc2)cc1. The van der Waals surface area contributed by atoms with Crippen molar-refractivity contribution in [2.75, 3.05) is 39.6 Å². The van der Waals surface area contributed by atoms with Crippen LogP contribution in [0.2, 0.25) is 15.1 Å². The predicted octanol–water partition coefficient (Wildman–Crippen LogP) is 18.2. The van der Waals surface area contributed by atoms with Gasteiger partial charge < -0.3 is 28.4 Å². The van der Waals surface area contributed by atoms with Crippen LogP contribution in [0.25, 0.3) is 0 Å². The highest BCUT2D eigenvalue weighted by atomic mass is 127. The van der Waals surface area contributed by atoms with Gasteiger partial charge in [0.25, 0.3) is 0 Å². The number of ether oxygens (including phenoxy) is 6. The van der Waals surface area contributed by atoms with Crippen LogP contribution in [0, 0.1) is 11.6 Å².